The van der Waals surface area contributed by atoms with Crippen molar-refractivity contribution in [3.8, 4) is 0 Å². The van der Waals surface area contributed by atoms with E-state index < -0.39 is 0 Å². The summed E-state index contributed by atoms with van der Waals surface area (Å²) in [4.78, 5) is 0. The first-order valence-electron chi connectivity index (χ1n) is 9.45. The topological polar surface area (TPSA) is 45.1 Å². The zero-order valence-electron chi connectivity index (χ0n) is 13.9. The first kappa shape index (κ1) is 13.8. The Kier molecular flexibility index (Phi) is 2.69. The fourth-order valence-electron chi connectivity index (χ4n) is 7.54. The van der Waals surface area contributed by atoms with Crippen LogP contribution >= 0.6 is 0 Å². The Morgan fingerprint density at radius 1 is 1.00 bits per heavy atom. The molecule has 5 fully saturated rings. The standard InChI is InChI=1S/C19H29NO2/c1-18-10-8-15-17(22-15)14(18)4-3-11-12-5-6-16(20-21)19(12,2)9-7-13(11)18/h11-15,17,21H,3-10H2,1-2H3/b20-16-/t11-,12-,13-,14-,15+,17-,18+,19-/m0/s1. The van der Waals surface area contributed by atoms with Crippen molar-refractivity contribution >= 4 is 5.71 Å². The Bertz CT molecular complexity index is 532. The number of hydrogen-bond donors (Lipinski definition) is 1. The highest BCUT2D eigenvalue weighted by Crippen LogP contribution is 2.67. The van der Waals surface area contributed by atoms with Crippen molar-refractivity contribution in [3.05, 3.63) is 0 Å². The molecule has 0 bridgehead atoms. The summed E-state index contributed by atoms with van der Waals surface area (Å²) < 4.78 is 5.98. The predicted octanol–water partition coefficient (Wildman–Crippen LogP) is 4.24. The van der Waals surface area contributed by atoms with Crippen molar-refractivity contribution in [1.29, 1.82) is 0 Å². The Balaban J connectivity index is 1.48. The van der Waals surface area contributed by atoms with Crippen LogP contribution in [0.4, 0.5) is 0 Å². The minimum atomic E-state index is 0.187. The number of rotatable bonds is 0. The molecule has 0 aromatic rings. The van der Waals surface area contributed by atoms with Crippen molar-refractivity contribution in [3.63, 3.8) is 0 Å². The molecule has 3 heteroatoms. The Labute approximate surface area is 133 Å². The lowest BCUT2D eigenvalue weighted by molar-refractivity contribution is -0.0904. The highest BCUT2D eigenvalue weighted by atomic mass is 16.6. The summed E-state index contributed by atoms with van der Waals surface area (Å²) in [5, 5.41) is 13.1. The molecule has 1 saturated heterocycles. The van der Waals surface area contributed by atoms with Crippen LogP contribution < -0.4 is 0 Å². The van der Waals surface area contributed by atoms with E-state index >= 15 is 0 Å². The minimum Gasteiger partial charge on any atom is -0.411 e. The van der Waals surface area contributed by atoms with E-state index in [1.807, 2.05) is 0 Å². The van der Waals surface area contributed by atoms with E-state index in [2.05, 4.69) is 19.0 Å². The van der Waals surface area contributed by atoms with E-state index in [0.29, 0.717) is 17.6 Å². The van der Waals surface area contributed by atoms with Gasteiger partial charge in [-0.05, 0) is 80.5 Å². The molecule has 0 aromatic heterocycles. The molecule has 0 unspecified atom stereocenters. The highest BCUT2D eigenvalue weighted by Gasteiger charge is 2.64. The van der Waals surface area contributed by atoms with Gasteiger partial charge >= 0.3 is 0 Å². The molecule has 122 valence electrons. The van der Waals surface area contributed by atoms with E-state index in [9.17, 15) is 5.21 Å². The zero-order valence-corrected chi connectivity index (χ0v) is 13.9. The van der Waals surface area contributed by atoms with Crippen molar-refractivity contribution in [2.24, 2.45) is 39.7 Å². The summed E-state index contributed by atoms with van der Waals surface area (Å²) >= 11 is 0. The Hall–Kier alpha value is -0.570. The normalized spacial score (nSPS) is 61.1. The molecule has 5 aliphatic rings. The van der Waals surface area contributed by atoms with Crippen LogP contribution in [-0.4, -0.2) is 23.1 Å². The number of nitrogens with zero attached hydrogens (tertiary/aromatic N) is 1. The number of ether oxygens (including phenoxy) is 1. The maximum atomic E-state index is 9.42. The van der Waals surface area contributed by atoms with Gasteiger partial charge in [-0.25, -0.2) is 0 Å². The minimum absolute atomic E-state index is 0.187. The molecule has 0 aromatic carbocycles. The maximum Gasteiger partial charge on any atom is 0.0875 e. The van der Waals surface area contributed by atoms with Crippen LogP contribution in [-0.2, 0) is 4.74 Å². The van der Waals surface area contributed by atoms with E-state index in [1.165, 1.54) is 44.9 Å². The monoisotopic (exact) mass is 303 g/mol. The van der Waals surface area contributed by atoms with Gasteiger partial charge in [-0.2, -0.15) is 0 Å². The molecule has 4 saturated carbocycles. The van der Waals surface area contributed by atoms with E-state index in [4.69, 9.17) is 4.74 Å². The molecule has 0 amide bonds. The molecule has 22 heavy (non-hydrogen) atoms. The summed E-state index contributed by atoms with van der Waals surface area (Å²) in [6, 6.07) is 0. The molecule has 0 spiro atoms. The van der Waals surface area contributed by atoms with E-state index in [0.717, 1.165) is 35.8 Å². The Morgan fingerprint density at radius 2 is 1.86 bits per heavy atom. The lowest BCUT2D eigenvalue weighted by Gasteiger charge is -2.59. The first-order valence-corrected chi connectivity index (χ1v) is 9.45. The van der Waals surface area contributed by atoms with Crippen molar-refractivity contribution in [2.45, 2.75) is 77.4 Å². The molecule has 5 rings (SSSR count). The fourth-order valence-corrected chi connectivity index (χ4v) is 7.54. The molecule has 3 nitrogen and oxygen atoms in total. The van der Waals surface area contributed by atoms with Crippen LogP contribution in [0.2, 0.25) is 0 Å². The van der Waals surface area contributed by atoms with Crippen LogP contribution in [0, 0.1) is 34.5 Å². The molecule has 4 aliphatic carbocycles. The van der Waals surface area contributed by atoms with Gasteiger partial charge in [-0.1, -0.05) is 19.0 Å². The molecule has 1 heterocycles. The third-order valence-corrected chi connectivity index (χ3v) is 8.79. The smallest absolute Gasteiger partial charge is 0.0875 e. The SMILES string of the molecule is C[C@]12CC[C@H]3O[C@H]3[C@@H]1CC[C@@H]1[C@@H]2CC[C@]2(C)/C(=N\O)CC[C@@H]12. The van der Waals surface area contributed by atoms with Crippen molar-refractivity contribution in [1.82, 2.24) is 0 Å². The highest BCUT2D eigenvalue weighted by molar-refractivity contribution is 5.91. The van der Waals surface area contributed by atoms with Gasteiger partial charge < -0.3 is 9.94 Å². The Morgan fingerprint density at radius 3 is 2.68 bits per heavy atom. The zero-order chi connectivity index (χ0) is 15.1. The van der Waals surface area contributed by atoms with Crippen LogP contribution in [0.15, 0.2) is 5.16 Å². The number of hydrogen-bond acceptors (Lipinski definition) is 3. The third-order valence-electron chi connectivity index (χ3n) is 8.79. The van der Waals surface area contributed by atoms with E-state index in [1.54, 1.807) is 0 Å². The summed E-state index contributed by atoms with van der Waals surface area (Å²) in [5.74, 6) is 3.32. The van der Waals surface area contributed by atoms with Gasteiger partial charge in [0.2, 0.25) is 0 Å². The largest absolute Gasteiger partial charge is 0.411 e. The van der Waals surface area contributed by atoms with Crippen LogP contribution in [0.5, 0.6) is 0 Å². The third kappa shape index (κ3) is 1.54. The van der Waals surface area contributed by atoms with Crippen molar-refractivity contribution < 1.29 is 9.94 Å². The summed E-state index contributed by atoms with van der Waals surface area (Å²) in [5.41, 5.74) is 1.80. The predicted molar refractivity (Wildman–Crippen MR) is 85.0 cm³/mol. The summed E-state index contributed by atoms with van der Waals surface area (Å²) in [7, 11) is 0. The van der Waals surface area contributed by atoms with Crippen molar-refractivity contribution in [2.75, 3.05) is 0 Å². The summed E-state index contributed by atoms with van der Waals surface area (Å²) in [6.07, 6.45) is 11.5. The molecular formula is C19H29NO2. The average molecular weight is 303 g/mol. The number of fused-ring (bicyclic) bond motifs is 7. The number of epoxide rings is 1. The second-order valence-corrected chi connectivity index (χ2v) is 9.29. The van der Waals surface area contributed by atoms with Gasteiger partial charge in [0.05, 0.1) is 17.9 Å². The molecular weight excluding hydrogens is 274 g/mol. The molecule has 1 N–H and O–H groups in total. The molecule has 0 radical (unpaired) electrons. The maximum absolute atomic E-state index is 9.42. The molecule has 8 atom stereocenters. The van der Waals surface area contributed by atoms with Gasteiger partial charge in [0.25, 0.3) is 0 Å². The van der Waals surface area contributed by atoms with E-state index in [-0.39, 0.29) is 5.41 Å². The van der Waals surface area contributed by atoms with Crippen LogP contribution in [0.25, 0.3) is 0 Å². The second kappa shape index (κ2) is 4.28. The number of oxime groups is 1. The van der Waals surface area contributed by atoms with Gasteiger partial charge in [0, 0.05) is 5.41 Å². The second-order valence-electron chi connectivity index (χ2n) is 9.29. The van der Waals surface area contributed by atoms with Crippen LogP contribution in [0.1, 0.15) is 65.2 Å². The fraction of sp³-hybridized carbons (Fsp3) is 0.947. The quantitative estimate of drug-likeness (QED) is 0.413. The summed E-state index contributed by atoms with van der Waals surface area (Å²) in [6.45, 7) is 4.97. The average Bonchev–Trinajstić information content (AvgIpc) is 3.21. The van der Waals surface area contributed by atoms with Gasteiger partial charge in [0.15, 0.2) is 0 Å². The lowest BCUT2D eigenvalue weighted by Crippen LogP contribution is -2.54. The van der Waals surface area contributed by atoms with Gasteiger partial charge in [-0.3, -0.25) is 0 Å². The lowest BCUT2D eigenvalue weighted by atomic mass is 9.45. The van der Waals surface area contributed by atoms with Gasteiger partial charge in [-0.15, -0.1) is 0 Å². The molecule has 1 aliphatic heterocycles. The first-order chi connectivity index (χ1) is 10.6. The van der Waals surface area contributed by atoms with Crippen LogP contribution in [0.3, 0.4) is 0 Å². The van der Waals surface area contributed by atoms with Gasteiger partial charge in [0.1, 0.15) is 0 Å².